The molecule has 1 atom stereocenters. The van der Waals surface area contributed by atoms with E-state index in [2.05, 4.69) is 9.71 Å². The Hall–Kier alpha value is -2.42. The monoisotopic (exact) mass is 433 g/mol. The number of amides is 1. The van der Waals surface area contributed by atoms with Crippen LogP contribution in [0.1, 0.15) is 17.2 Å². The number of sulfonamides is 1. The molecule has 2 aromatic rings. The van der Waals surface area contributed by atoms with Crippen molar-refractivity contribution in [2.24, 2.45) is 4.40 Å². The van der Waals surface area contributed by atoms with Crippen molar-refractivity contribution in [3.8, 4) is 0 Å². The molecule has 2 aliphatic rings. The zero-order valence-corrected chi connectivity index (χ0v) is 17.0. The van der Waals surface area contributed by atoms with E-state index >= 15 is 0 Å². The van der Waals surface area contributed by atoms with Gasteiger partial charge >= 0.3 is 0 Å². The molecule has 0 saturated heterocycles. The van der Waals surface area contributed by atoms with Crippen LogP contribution in [-0.4, -0.2) is 37.4 Å². The number of hydrogen-bond acceptors (Lipinski definition) is 5. The Bertz CT molecular complexity index is 1090. The maximum Gasteiger partial charge on any atom is 0.256 e. The number of hydrogen-bond donors (Lipinski definition) is 1. The van der Waals surface area contributed by atoms with Crippen LogP contribution in [0.2, 0.25) is 5.02 Å². The summed E-state index contributed by atoms with van der Waals surface area (Å²) in [6.07, 6.45) is 5.02. The van der Waals surface area contributed by atoms with Gasteiger partial charge < -0.3 is 10.2 Å². The van der Waals surface area contributed by atoms with E-state index in [9.17, 15) is 13.2 Å². The molecule has 1 amide bonds. The van der Waals surface area contributed by atoms with Gasteiger partial charge in [0.05, 0.1) is 17.4 Å². The SMILES string of the molecule is O=C(NC(c1ccc(Cl)cc1)c1ccsc1)C1=CC=CN2CCS(=O)(=O)N=C12. The highest BCUT2D eigenvalue weighted by Gasteiger charge is 2.31. The van der Waals surface area contributed by atoms with E-state index in [0.29, 0.717) is 5.02 Å². The average molecular weight is 434 g/mol. The van der Waals surface area contributed by atoms with Gasteiger partial charge in [-0.3, -0.25) is 4.79 Å². The quantitative estimate of drug-likeness (QED) is 0.803. The third-order valence-corrected chi connectivity index (χ3v) is 6.56. The molecule has 6 nitrogen and oxygen atoms in total. The smallest absolute Gasteiger partial charge is 0.256 e. The number of amidine groups is 1. The van der Waals surface area contributed by atoms with Crippen molar-refractivity contribution >= 4 is 44.7 Å². The van der Waals surface area contributed by atoms with Gasteiger partial charge in [-0.2, -0.15) is 11.3 Å². The summed E-state index contributed by atoms with van der Waals surface area (Å²) >= 11 is 7.52. The zero-order valence-electron chi connectivity index (χ0n) is 14.6. The van der Waals surface area contributed by atoms with Crippen LogP contribution in [0.5, 0.6) is 0 Å². The first-order valence-electron chi connectivity index (χ1n) is 8.49. The van der Waals surface area contributed by atoms with Crippen molar-refractivity contribution in [2.75, 3.05) is 12.3 Å². The maximum absolute atomic E-state index is 13.1. The maximum atomic E-state index is 13.1. The van der Waals surface area contributed by atoms with Crippen molar-refractivity contribution in [3.05, 3.63) is 81.2 Å². The highest BCUT2D eigenvalue weighted by molar-refractivity contribution is 7.90. The van der Waals surface area contributed by atoms with Crippen LogP contribution >= 0.6 is 22.9 Å². The highest BCUT2D eigenvalue weighted by Crippen LogP contribution is 2.27. The summed E-state index contributed by atoms with van der Waals surface area (Å²) in [5.41, 5.74) is 2.03. The first-order chi connectivity index (χ1) is 13.4. The third kappa shape index (κ3) is 3.89. The fraction of sp³-hybridized carbons (Fsp3) is 0.158. The van der Waals surface area contributed by atoms with Gasteiger partial charge in [-0.05, 0) is 52.2 Å². The van der Waals surface area contributed by atoms with Gasteiger partial charge in [0.15, 0.2) is 5.84 Å². The Balaban J connectivity index is 1.66. The lowest BCUT2D eigenvalue weighted by Gasteiger charge is -2.29. The summed E-state index contributed by atoms with van der Waals surface area (Å²) in [5.74, 6) is -0.305. The molecule has 0 spiro atoms. The Morgan fingerprint density at radius 3 is 2.71 bits per heavy atom. The number of carbonyl (C=O) groups excluding carboxylic acids is 1. The van der Waals surface area contributed by atoms with Gasteiger partial charge in [-0.1, -0.05) is 23.7 Å². The molecule has 0 fully saturated rings. The summed E-state index contributed by atoms with van der Waals surface area (Å²) in [6.45, 7) is 0.271. The first-order valence-corrected chi connectivity index (χ1v) is 11.4. The van der Waals surface area contributed by atoms with E-state index in [1.807, 2.05) is 29.0 Å². The number of fused-ring (bicyclic) bond motifs is 1. The van der Waals surface area contributed by atoms with Crippen LogP contribution in [0, 0.1) is 0 Å². The van der Waals surface area contributed by atoms with Gasteiger partial charge in [0.25, 0.3) is 15.9 Å². The second kappa shape index (κ2) is 7.54. The molecule has 1 unspecified atom stereocenters. The van der Waals surface area contributed by atoms with E-state index in [1.165, 1.54) is 11.3 Å². The topological polar surface area (TPSA) is 78.8 Å². The zero-order chi connectivity index (χ0) is 19.7. The molecule has 9 heteroatoms. The van der Waals surface area contributed by atoms with Crippen molar-refractivity contribution in [3.63, 3.8) is 0 Å². The molecule has 28 heavy (non-hydrogen) atoms. The Morgan fingerprint density at radius 1 is 1.21 bits per heavy atom. The van der Waals surface area contributed by atoms with Crippen molar-refractivity contribution in [1.82, 2.24) is 10.2 Å². The van der Waals surface area contributed by atoms with E-state index in [-0.39, 0.29) is 23.7 Å². The number of carbonyl (C=O) groups is 1. The van der Waals surface area contributed by atoms with E-state index in [0.717, 1.165) is 11.1 Å². The Morgan fingerprint density at radius 2 is 2.00 bits per heavy atom. The van der Waals surface area contributed by atoms with Gasteiger partial charge in [0.2, 0.25) is 0 Å². The fourth-order valence-corrected chi connectivity index (χ4v) is 4.85. The predicted octanol–water partition coefficient (Wildman–Crippen LogP) is 3.10. The molecule has 1 aromatic carbocycles. The molecule has 0 saturated carbocycles. The number of thiophene rings is 1. The van der Waals surface area contributed by atoms with E-state index in [4.69, 9.17) is 11.6 Å². The van der Waals surface area contributed by atoms with Crippen LogP contribution < -0.4 is 5.32 Å². The number of benzene rings is 1. The van der Waals surface area contributed by atoms with Gasteiger partial charge in [-0.15, -0.1) is 4.40 Å². The van der Waals surface area contributed by atoms with Crippen LogP contribution in [0.3, 0.4) is 0 Å². The molecule has 0 radical (unpaired) electrons. The van der Waals surface area contributed by atoms with E-state index < -0.39 is 22.0 Å². The van der Waals surface area contributed by atoms with E-state index in [1.54, 1.807) is 35.4 Å². The predicted molar refractivity (Wildman–Crippen MR) is 111 cm³/mol. The largest absolute Gasteiger partial charge is 0.341 e. The first kappa shape index (κ1) is 18.9. The molecule has 2 aliphatic heterocycles. The summed E-state index contributed by atoms with van der Waals surface area (Å²) < 4.78 is 27.7. The number of halogens is 1. The highest BCUT2D eigenvalue weighted by atomic mass is 35.5. The molecule has 1 N–H and O–H groups in total. The number of nitrogens with zero attached hydrogens (tertiary/aromatic N) is 2. The number of rotatable bonds is 4. The molecular weight excluding hydrogens is 418 g/mol. The minimum absolute atomic E-state index is 0.0714. The normalized spacial score (nSPS) is 18.7. The summed E-state index contributed by atoms with van der Waals surface area (Å²) in [4.78, 5) is 14.8. The number of nitrogens with one attached hydrogen (secondary N) is 1. The molecule has 1 aromatic heterocycles. The second-order valence-corrected chi connectivity index (χ2v) is 9.30. The van der Waals surface area contributed by atoms with Gasteiger partial charge in [0.1, 0.15) is 0 Å². The van der Waals surface area contributed by atoms with Crippen molar-refractivity contribution < 1.29 is 13.2 Å². The lowest BCUT2D eigenvalue weighted by atomic mass is 10.0. The molecule has 0 bridgehead atoms. The van der Waals surface area contributed by atoms with Crippen LogP contribution in [0.4, 0.5) is 0 Å². The minimum Gasteiger partial charge on any atom is -0.341 e. The summed E-state index contributed by atoms with van der Waals surface area (Å²) in [6, 6.07) is 8.80. The van der Waals surface area contributed by atoms with Gasteiger partial charge in [0, 0.05) is 17.8 Å². The molecule has 0 aliphatic carbocycles. The lowest BCUT2D eigenvalue weighted by Crippen LogP contribution is -2.43. The third-order valence-electron chi connectivity index (χ3n) is 4.46. The van der Waals surface area contributed by atoms with Crippen LogP contribution in [0.25, 0.3) is 0 Å². The molecular formula is C19H16ClN3O3S2. The summed E-state index contributed by atoms with van der Waals surface area (Å²) in [5, 5.41) is 7.51. The van der Waals surface area contributed by atoms with Gasteiger partial charge in [-0.25, -0.2) is 8.42 Å². The Kier molecular flexibility index (Phi) is 5.09. The van der Waals surface area contributed by atoms with Crippen molar-refractivity contribution in [1.29, 1.82) is 0 Å². The van der Waals surface area contributed by atoms with Crippen LogP contribution in [-0.2, 0) is 14.8 Å². The molecule has 3 heterocycles. The minimum atomic E-state index is -3.57. The standard InChI is InChI=1S/C19H16ClN3O3S2/c20-15-5-3-13(4-6-15)17(14-7-10-27-12-14)21-19(24)16-2-1-8-23-9-11-28(25,26)22-18(16)23/h1-8,10,12,17H,9,11H2,(H,21,24). The second-order valence-electron chi connectivity index (χ2n) is 6.33. The van der Waals surface area contributed by atoms with Crippen molar-refractivity contribution in [2.45, 2.75) is 6.04 Å². The molecule has 144 valence electrons. The lowest BCUT2D eigenvalue weighted by molar-refractivity contribution is -0.117. The summed E-state index contributed by atoms with van der Waals surface area (Å²) in [7, 11) is -3.57. The fourth-order valence-electron chi connectivity index (χ4n) is 3.06. The Labute approximate surface area is 171 Å². The number of allylic oxidation sites excluding steroid dienone is 2. The molecule has 4 rings (SSSR count). The van der Waals surface area contributed by atoms with Crippen LogP contribution in [0.15, 0.2) is 69.4 Å². The average Bonchev–Trinajstić information content (AvgIpc) is 3.20.